The van der Waals surface area contributed by atoms with Crippen molar-refractivity contribution >= 4 is 10.1 Å². The van der Waals surface area contributed by atoms with Crippen molar-refractivity contribution in [3.8, 4) is 0 Å². The summed E-state index contributed by atoms with van der Waals surface area (Å²) in [5.41, 5.74) is 1.52. The lowest BCUT2D eigenvalue weighted by Gasteiger charge is -2.10. The molecule has 0 saturated carbocycles. The van der Waals surface area contributed by atoms with Crippen LogP contribution in [0.5, 0.6) is 0 Å². The topological polar surface area (TPSA) is 57.2 Å². The van der Waals surface area contributed by atoms with Crippen LogP contribution in [0.2, 0.25) is 0 Å². The van der Waals surface area contributed by atoms with Crippen molar-refractivity contribution < 1.29 is 47.3 Å². The molecule has 0 fully saturated rings. The van der Waals surface area contributed by atoms with E-state index in [2.05, 4.69) is 62.4 Å². The monoisotopic (exact) mass is 534 g/mol. The zero-order valence-corrected chi connectivity index (χ0v) is 18.5. The Morgan fingerprint density at radius 3 is 1.62 bits per heavy atom. The Kier molecular flexibility index (Phi) is 7.84. The highest BCUT2D eigenvalue weighted by Crippen LogP contribution is 2.30. The molecule has 0 atom stereocenters. The van der Waals surface area contributed by atoms with Crippen LogP contribution in [0.3, 0.4) is 0 Å². The highest BCUT2D eigenvalue weighted by atomic mass is 127. The molecule has 0 radical (unpaired) electrons. The third-order valence-corrected chi connectivity index (χ3v) is 7.21. The van der Waals surface area contributed by atoms with Crippen molar-refractivity contribution in [1.82, 2.24) is 0 Å². The molecule has 8 heteroatoms. The maximum Gasteiger partial charge on any atom is 0.416 e. The highest BCUT2D eigenvalue weighted by molar-refractivity contribution is 7.85. The van der Waals surface area contributed by atoms with Crippen molar-refractivity contribution in [3.05, 3.63) is 96.6 Å². The van der Waals surface area contributed by atoms with Gasteiger partial charge in [0, 0.05) is 0 Å². The van der Waals surface area contributed by atoms with Gasteiger partial charge in [0.2, 0.25) is 0 Å². The molecule has 154 valence electrons. The maximum absolute atomic E-state index is 12.1. The van der Waals surface area contributed by atoms with E-state index in [1.54, 1.807) is 0 Å². The summed E-state index contributed by atoms with van der Waals surface area (Å²) in [4.78, 5) is -0.882. The fourth-order valence-electron chi connectivity index (χ4n) is 2.15. The number of hydrogen-bond acceptors (Lipinski definition) is 3. The van der Waals surface area contributed by atoms with E-state index >= 15 is 0 Å². The van der Waals surface area contributed by atoms with E-state index in [-0.39, 0.29) is 21.2 Å². The van der Waals surface area contributed by atoms with Gasteiger partial charge in [-0.3, -0.25) is 0 Å². The van der Waals surface area contributed by atoms with Gasteiger partial charge < -0.3 is 4.55 Å². The first kappa shape index (κ1) is 23.4. The van der Waals surface area contributed by atoms with Crippen LogP contribution in [0.1, 0.15) is 16.7 Å². The molecule has 0 bridgehead atoms. The maximum atomic E-state index is 12.1. The van der Waals surface area contributed by atoms with Crippen LogP contribution in [-0.4, -0.2) is 13.0 Å². The highest BCUT2D eigenvalue weighted by Gasteiger charge is 2.30. The van der Waals surface area contributed by atoms with Crippen LogP contribution in [0.15, 0.2) is 77.7 Å². The Morgan fingerprint density at radius 2 is 1.24 bits per heavy atom. The van der Waals surface area contributed by atoms with E-state index in [4.69, 9.17) is 0 Å². The van der Waals surface area contributed by atoms with Crippen molar-refractivity contribution in [1.29, 1.82) is 0 Å². The molecule has 0 saturated heterocycles. The van der Waals surface area contributed by atoms with Crippen LogP contribution in [0, 0.1) is 21.0 Å². The normalized spacial score (nSPS) is 11.5. The molecular formula is C21H18F3IO3S. The van der Waals surface area contributed by atoms with Gasteiger partial charge >= 0.3 is 27.4 Å². The molecule has 0 spiro atoms. The smallest absolute Gasteiger partial charge is 0.416 e. The standard InChI is InChI=1S/C14H14I.C7H5F3O3S/c1-11-3-7-13(8-4-11)15-14-9-5-12(2)6-10-14;8-7(9,10)5-2-1-3-6(4-5)14(11,12)13/h3-10H,1-2H3;1-4H,(H,11,12,13)/q+1;/p-1. The third kappa shape index (κ3) is 7.79. The Balaban J connectivity index is 0.000000208. The quantitative estimate of drug-likeness (QED) is 0.382. The lowest BCUT2D eigenvalue weighted by molar-refractivity contribution is -0.597. The minimum absolute atomic E-state index is 0.00313. The van der Waals surface area contributed by atoms with Gasteiger partial charge in [-0.15, -0.1) is 0 Å². The van der Waals surface area contributed by atoms with Gasteiger partial charge in [0.25, 0.3) is 0 Å². The molecule has 0 unspecified atom stereocenters. The zero-order chi connectivity index (χ0) is 21.7. The molecule has 3 aromatic carbocycles. The fraction of sp³-hybridized carbons (Fsp3) is 0.143. The summed E-state index contributed by atoms with van der Waals surface area (Å²) in [6.07, 6.45) is -4.65. The molecule has 0 aromatic heterocycles. The molecule has 3 nitrogen and oxygen atoms in total. The van der Waals surface area contributed by atoms with Crippen LogP contribution >= 0.6 is 0 Å². The minimum atomic E-state index is -4.84. The van der Waals surface area contributed by atoms with Crippen LogP contribution in [0.4, 0.5) is 13.2 Å². The van der Waals surface area contributed by atoms with Gasteiger partial charge in [-0.05, 0) is 56.3 Å². The Morgan fingerprint density at radius 1 is 0.793 bits per heavy atom. The number of hydrogen-bond donors (Lipinski definition) is 0. The van der Waals surface area contributed by atoms with Gasteiger partial charge in [0.05, 0.1) is 10.5 Å². The third-order valence-electron chi connectivity index (χ3n) is 3.69. The first-order chi connectivity index (χ1) is 13.4. The summed E-state index contributed by atoms with van der Waals surface area (Å²) in [6.45, 7) is 4.27. The Bertz CT molecular complexity index is 1000. The molecule has 29 heavy (non-hydrogen) atoms. The lowest BCUT2D eigenvalue weighted by Crippen LogP contribution is -3.61. The molecule has 3 aromatic rings. The Labute approximate surface area is 178 Å². The lowest BCUT2D eigenvalue weighted by atomic mass is 10.2. The van der Waals surface area contributed by atoms with E-state index in [0.717, 1.165) is 12.1 Å². The second kappa shape index (κ2) is 9.73. The summed E-state index contributed by atoms with van der Waals surface area (Å²) in [5.74, 6) is 0. The van der Waals surface area contributed by atoms with Crippen molar-refractivity contribution in [2.24, 2.45) is 0 Å². The average molecular weight is 534 g/mol. The Hall–Kier alpha value is -1.91. The predicted molar refractivity (Wildman–Crippen MR) is 99.2 cm³/mol. The number of alkyl halides is 3. The summed E-state index contributed by atoms with van der Waals surface area (Å²) in [5, 5.41) is 0. The minimum Gasteiger partial charge on any atom is -0.744 e. The molecule has 0 N–H and O–H groups in total. The first-order valence-corrected chi connectivity index (χ1v) is 11.9. The van der Waals surface area contributed by atoms with E-state index in [0.29, 0.717) is 12.1 Å². The van der Waals surface area contributed by atoms with Crippen molar-refractivity contribution in [2.45, 2.75) is 24.9 Å². The molecule has 0 aliphatic carbocycles. The first-order valence-electron chi connectivity index (χ1n) is 8.36. The molecule has 0 amide bonds. The SMILES string of the molecule is Cc1ccc([I+]c2ccc(C)cc2)cc1.O=S(=O)([O-])c1cccc(C(F)(F)F)c1. The van der Waals surface area contributed by atoms with Gasteiger partial charge in [-0.2, -0.15) is 13.2 Å². The summed E-state index contributed by atoms with van der Waals surface area (Å²) in [6, 6.07) is 20.5. The molecule has 0 heterocycles. The molecule has 3 rings (SSSR count). The summed E-state index contributed by atoms with van der Waals surface area (Å²) in [7, 11) is -4.84. The summed E-state index contributed by atoms with van der Waals surface area (Å²) >= 11 is 0.00313. The molecule has 0 aliphatic heterocycles. The van der Waals surface area contributed by atoms with Crippen LogP contribution in [-0.2, 0) is 16.3 Å². The number of aryl methyl sites for hydroxylation is 2. The van der Waals surface area contributed by atoms with E-state index in [1.807, 2.05) is 0 Å². The van der Waals surface area contributed by atoms with Crippen LogP contribution < -0.4 is 21.2 Å². The zero-order valence-electron chi connectivity index (χ0n) is 15.6. The van der Waals surface area contributed by atoms with Crippen molar-refractivity contribution in [3.63, 3.8) is 0 Å². The van der Waals surface area contributed by atoms with Gasteiger partial charge in [0.15, 0.2) is 7.14 Å². The van der Waals surface area contributed by atoms with E-state index in [9.17, 15) is 26.1 Å². The average Bonchev–Trinajstić information content (AvgIpc) is 2.65. The van der Waals surface area contributed by atoms with Crippen LogP contribution in [0.25, 0.3) is 0 Å². The number of halogens is 4. The number of benzene rings is 3. The predicted octanol–water partition coefficient (Wildman–Crippen LogP) is 2.04. The van der Waals surface area contributed by atoms with E-state index < -0.39 is 26.8 Å². The van der Waals surface area contributed by atoms with Crippen molar-refractivity contribution in [2.75, 3.05) is 0 Å². The molecular weight excluding hydrogens is 516 g/mol. The molecule has 0 aliphatic rings. The van der Waals surface area contributed by atoms with Gasteiger partial charge in [-0.25, -0.2) is 8.42 Å². The largest absolute Gasteiger partial charge is 0.744 e. The number of rotatable bonds is 3. The van der Waals surface area contributed by atoms with E-state index in [1.165, 1.54) is 18.3 Å². The van der Waals surface area contributed by atoms with Gasteiger partial charge in [-0.1, -0.05) is 41.5 Å². The second-order valence-electron chi connectivity index (χ2n) is 6.17. The summed E-state index contributed by atoms with van der Waals surface area (Å²) < 4.78 is 70.3. The second-order valence-corrected chi connectivity index (χ2v) is 10.6. The van der Waals surface area contributed by atoms with Gasteiger partial charge in [0.1, 0.15) is 10.1 Å². The fourth-order valence-corrected chi connectivity index (χ4v) is 4.82.